The summed E-state index contributed by atoms with van der Waals surface area (Å²) >= 11 is 0. The molecular weight excluding hydrogens is 263 g/mol. The van der Waals surface area contributed by atoms with Crippen molar-refractivity contribution in [2.24, 2.45) is 0 Å². The summed E-state index contributed by atoms with van der Waals surface area (Å²) in [5, 5.41) is 11.2. The molecule has 1 aliphatic carbocycles. The minimum absolute atomic E-state index is 0.111. The molecule has 2 aliphatic rings. The van der Waals surface area contributed by atoms with E-state index in [0.717, 1.165) is 31.7 Å². The number of nitro benzene ring substituents is 1. The Morgan fingerprint density at radius 1 is 1.35 bits per heavy atom. The van der Waals surface area contributed by atoms with Crippen LogP contribution in [-0.4, -0.2) is 30.2 Å². The SMILES string of the molecule is O=[N+]([O-])c1c(F)cccc1N1CCOC2CCCCC21. The van der Waals surface area contributed by atoms with E-state index in [4.69, 9.17) is 4.74 Å². The van der Waals surface area contributed by atoms with Crippen LogP contribution in [0.1, 0.15) is 25.7 Å². The van der Waals surface area contributed by atoms with Crippen molar-refractivity contribution >= 4 is 11.4 Å². The van der Waals surface area contributed by atoms with Crippen molar-refractivity contribution in [2.75, 3.05) is 18.1 Å². The zero-order chi connectivity index (χ0) is 14.1. The third-order valence-electron chi connectivity index (χ3n) is 4.19. The molecule has 1 aliphatic heterocycles. The van der Waals surface area contributed by atoms with Crippen LogP contribution in [0.3, 0.4) is 0 Å². The first-order valence-corrected chi connectivity index (χ1v) is 6.99. The van der Waals surface area contributed by atoms with E-state index in [1.54, 1.807) is 6.07 Å². The van der Waals surface area contributed by atoms with Gasteiger partial charge < -0.3 is 9.64 Å². The molecule has 0 radical (unpaired) electrons. The second kappa shape index (κ2) is 5.36. The highest BCUT2D eigenvalue weighted by molar-refractivity contribution is 5.64. The lowest BCUT2D eigenvalue weighted by molar-refractivity contribution is -0.386. The van der Waals surface area contributed by atoms with E-state index in [1.165, 1.54) is 6.07 Å². The predicted octanol–water partition coefficient (Wildman–Crippen LogP) is 2.88. The molecular formula is C14H17FN2O3. The molecule has 20 heavy (non-hydrogen) atoms. The third kappa shape index (κ3) is 2.24. The largest absolute Gasteiger partial charge is 0.374 e. The van der Waals surface area contributed by atoms with E-state index in [1.807, 2.05) is 4.90 Å². The van der Waals surface area contributed by atoms with Gasteiger partial charge in [0.15, 0.2) is 0 Å². The molecule has 2 fully saturated rings. The molecule has 1 heterocycles. The molecule has 0 bridgehead atoms. The molecule has 1 saturated heterocycles. The molecule has 2 atom stereocenters. The van der Waals surface area contributed by atoms with Gasteiger partial charge in [-0.15, -0.1) is 0 Å². The summed E-state index contributed by atoms with van der Waals surface area (Å²) < 4.78 is 19.5. The molecule has 1 saturated carbocycles. The maximum Gasteiger partial charge on any atom is 0.327 e. The number of nitro groups is 1. The van der Waals surface area contributed by atoms with E-state index in [9.17, 15) is 14.5 Å². The maximum absolute atomic E-state index is 13.8. The van der Waals surface area contributed by atoms with Crippen LogP contribution in [-0.2, 0) is 4.74 Å². The molecule has 108 valence electrons. The average molecular weight is 280 g/mol. The summed E-state index contributed by atoms with van der Waals surface area (Å²) in [6.45, 7) is 1.11. The van der Waals surface area contributed by atoms with Gasteiger partial charge in [-0.2, -0.15) is 4.39 Å². The van der Waals surface area contributed by atoms with E-state index >= 15 is 0 Å². The van der Waals surface area contributed by atoms with Gasteiger partial charge in [0, 0.05) is 6.54 Å². The fourth-order valence-electron chi connectivity index (χ4n) is 3.31. The summed E-state index contributed by atoms with van der Waals surface area (Å²) in [4.78, 5) is 12.5. The zero-order valence-corrected chi connectivity index (χ0v) is 11.1. The lowest BCUT2D eigenvalue weighted by Gasteiger charge is -2.44. The number of nitrogens with zero attached hydrogens (tertiary/aromatic N) is 2. The van der Waals surface area contributed by atoms with Crippen molar-refractivity contribution in [2.45, 2.75) is 37.8 Å². The van der Waals surface area contributed by atoms with Crippen molar-refractivity contribution in [3.8, 4) is 0 Å². The highest BCUT2D eigenvalue weighted by Crippen LogP contribution is 2.37. The van der Waals surface area contributed by atoms with Gasteiger partial charge in [-0.05, 0) is 25.0 Å². The molecule has 0 spiro atoms. The standard InChI is InChI=1S/C14H17FN2O3/c15-10-4-3-6-12(14(10)17(18)19)16-8-9-20-13-7-2-1-5-11(13)16/h3-4,6,11,13H,1-2,5,7-9H2. The second-order valence-corrected chi connectivity index (χ2v) is 5.32. The van der Waals surface area contributed by atoms with Gasteiger partial charge in [-0.25, -0.2) is 0 Å². The van der Waals surface area contributed by atoms with Gasteiger partial charge in [0.25, 0.3) is 0 Å². The Balaban J connectivity index is 1.99. The van der Waals surface area contributed by atoms with E-state index in [2.05, 4.69) is 0 Å². The average Bonchev–Trinajstić information content (AvgIpc) is 2.46. The Bertz CT molecular complexity index is 521. The van der Waals surface area contributed by atoms with Gasteiger partial charge in [-0.3, -0.25) is 10.1 Å². The monoisotopic (exact) mass is 280 g/mol. The number of anilines is 1. The Hall–Kier alpha value is -1.69. The quantitative estimate of drug-likeness (QED) is 0.617. The van der Waals surface area contributed by atoms with Gasteiger partial charge in [0.1, 0.15) is 5.69 Å². The molecule has 1 aromatic carbocycles. The number of halogens is 1. The van der Waals surface area contributed by atoms with E-state index < -0.39 is 16.4 Å². The molecule has 1 aromatic rings. The lowest BCUT2D eigenvalue weighted by Crippen LogP contribution is -2.53. The molecule has 0 amide bonds. The van der Waals surface area contributed by atoms with E-state index in [0.29, 0.717) is 18.8 Å². The summed E-state index contributed by atoms with van der Waals surface area (Å²) in [5.41, 5.74) is -0.0334. The van der Waals surface area contributed by atoms with Crippen LogP contribution in [0.15, 0.2) is 18.2 Å². The maximum atomic E-state index is 13.8. The van der Waals surface area contributed by atoms with Crippen LogP contribution in [0.5, 0.6) is 0 Å². The predicted molar refractivity (Wildman–Crippen MR) is 72.4 cm³/mol. The van der Waals surface area contributed by atoms with Gasteiger partial charge in [-0.1, -0.05) is 18.9 Å². The van der Waals surface area contributed by atoms with Crippen molar-refractivity contribution in [1.29, 1.82) is 0 Å². The number of para-hydroxylation sites is 1. The van der Waals surface area contributed by atoms with Crippen LogP contribution < -0.4 is 4.90 Å². The number of fused-ring (bicyclic) bond motifs is 1. The topological polar surface area (TPSA) is 55.6 Å². The van der Waals surface area contributed by atoms with Crippen molar-refractivity contribution in [3.63, 3.8) is 0 Å². The number of benzene rings is 1. The minimum Gasteiger partial charge on any atom is -0.374 e. The first-order chi connectivity index (χ1) is 9.68. The molecule has 2 unspecified atom stereocenters. The van der Waals surface area contributed by atoms with Crippen molar-refractivity contribution < 1.29 is 14.1 Å². The van der Waals surface area contributed by atoms with Gasteiger partial charge in [0.2, 0.25) is 5.82 Å². The Labute approximate surface area is 116 Å². The highest BCUT2D eigenvalue weighted by Gasteiger charge is 2.37. The molecule has 3 rings (SSSR count). The lowest BCUT2D eigenvalue weighted by atomic mass is 9.89. The first-order valence-electron chi connectivity index (χ1n) is 6.99. The van der Waals surface area contributed by atoms with Crippen LogP contribution in [0.4, 0.5) is 15.8 Å². The summed E-state index contributed by atoms with van der Waals surface area (Å²) in [7, 11) is 0. The van der Waals surface area contributed by atoms with Crippen LogP contribution in [0.25, 0.3) is 0 Å². The number of rotatable bonds is 2. The summed E-state index contributed by atoms with van der Waals surface area (Å²) in [6.07, 6.45) is 4.24. The Morgan fingerprint density at radius 3 is 2.95 bits per heavy atom. The minimum atomic E-state index is -0.772. The summed E-state index contributed by atoms with van der Waals surface area (Å²) in [5.74, 6) is -0.772. The fraction of sp³-hybridized carbons (Fsp3) is 0.571. The summed E-state index contributed by atoms with van der Waals surface area (Å²) in [6, 6.07) is 4.43. The van der Waals surface area contributed by atoms with Crippen LogP contribution >= 0.6 is 0 Å². The van der Waals surface area contributed by atoms with Gasteiger partial charge >= 0.3 is 5.69 Å². The highest BCUT2D eigenvalue weighted by atomic mass is 19.1. The Morgan fingerprint density at radius 2 is 2.15 bits per heavy atom. The molecule has 0 N–H and O–H groups in total. The smallest absolute Gasteiger partial charge is 0.327 e. The molecule has 5 nitrogen and oxygen atoms in total. The molecule has 0 aromatic heterocycles. The Kier molecular flexibility index (Phi) is 3.56. The number of ether oxygens (including phenoxy) is 1. The van der Waals surface area contributed by atoms with Crippen LogP contribution in [0.2, 0.25) is 0 Å². The number of morpholine rings is 1. The first kappa shape index (κ1) is 13.3. The van der Waals surface area contributed by atoms with Crippen molar-refractivity contribution in [3.05, 3.63) is 34.1 Å². The zero-order valence-electron chi connectivity index (χ0n) is 11.1. The number of hydrogen-bond acceptors (Lipinski definition) is 4. The molecule has 6 heteroatoms. The normalized spacial score (nSPS) is 26.1. The van der Waals surface area contributed by atoms with Gasteiger partial charge in [0.05, 0.1) is 23.7 Å². The van der Waals surface area contributed by atoms with Crippen LogP contribution in [0, 0.1) is 15.9 Å². The second-order valence-electron chi connectivity index (χ2n) is 5.32. The van der Waals surface area contributed by atoms with Crippen molar-refractivity contribution in [1.82, 2.24) is 0 Å². The number of hydrogen-bond donors (Lipinski definition) is 0. The fourth-order valence-corrected chi connectivity index (χ4v) is 3.31. The van der Waals surface area contributed by atoms with E-state index in [-0.39, 0.29) is 12.1 Å². The third-order valence-corrected chi connectivity index (χ3v) is 4.19.